The van der Waals surface area contributed by atoms with Gasteiger partial charge in [0.25, 0.3) is 0 Å². The fraction of sp³-hybridized carbons (Fsp3) is 0.0556. The molecule has 3 rings (SSSR count). The number of nitrogens with zero attached hydrogens (tertiary/aromatic N) is 1. The summed E-state index contributed by atoms with van der Waals surface area (Å²) in [6.07, 6.45) is 2.83. The Labute approximate surface area is 128 Å². The number of benzene rings is 2. The van der Waals surface area contributed by atoms with Crippen molar-refractivity contribution in [3.05, 3.63) is 78.0 Å². The number of hydrogen-bond donors (Lipinski definition) is 0. The molecular weight excluding hydrogens is 278 g/mol. The number of rotatable bonds is 4. The zero-order valence-corrected chi connectivity index (χ0v) is 12.5. The Balaban J connectivity index is 2.10. The molecule has 0 N–H and O–H groups in total. The summed E-state index contributed by atoms with van der Waals surface area (Å²) in [5.74, 6) is 0. The molecule has 21 heavy (non-hydrogen) atoms. The van der Waals surface area contributed by atoms with Crippen LogP contribution in [0.4, 0.5) is 0 Å². The third-order valence-corrected chi connectivity index (χ3v) is 4.56. The first-order chi connectivity index (χ1) is 10.3. The fourth-order valence-corrected chi connectivity index (χ4v) is 3.27. The second-order valence-electron chi connectivity index (χ2n) is 4.75. The minimum atomic E-state index is 0.734. The predicted octanol–water partition coefficient (Wildman–Crippen LogP) is 4.75. The number of carbonyl (C=O) groups is 1. The molecule has 0 unspecified atom stereocenters. The average molecular weight is 293 g/mol. The van der Waals surface area contributed by atoms with Crippen LogP contribution in [0.15, 0.2) is 76.8 Å². The van der Waals surface area contributed by atoms with Crippen molar-refractivity contribution in [1.82, 2.24) is 4.57 Å². The number of hydrogen-bond acceptors (Lipinski definition) is 2. The summed E-state index contributed by atoms with van der Waals surface area (Å²) in [4.78, 5) is 12.4. The largest absolute Gasteiger partial charge is 0.310 e. The molecule has 0 atom stereocenters. The van der Waals surface area contributed by atoms with Crippen molar-refractivity contribution in [3.8, 4) is 5.69 Å². The van der Waals surface area contributed by atoms with Crippen molar-refractivity contribution < 1.29 is 4.79 Å². The zero-order valence-electron chi connectivity index (χ0n) is 11.7. The van der Waals surface area contributed by atoms with E-state index in [0.717, 1.165) is 33.0 Å². The maximum Gasteiger partial charge on any atom is 0.151 e. The van der Waals surface area contributed by atoms with E-state index in [2.05, 4.69) is 16.7 Å². The number of aromatic nitrogens is 1. The minimum Gasteiger partial charge on any atom is -0.310 e. The van der Waals surface area contributed by atoms with Crippen molar-refractivity contribution >= 4 is 18.0 Å². The molecule has 0 spiro atoms. The smallest absolute Gasteiger partial charge is 0.151 e. The molecule has 0 saturated heterocycles. The molecule has 0 aliphatic carbocycles. The van der Waals surface area contributed by atoms with E-state index >= 15 is 0 Å². The van der Waals surface area contributed by atoms with Gasteiger partial charge in [-0.25, -0.2) is 0 Å². The molecule has 3 aromatic rings. The molecule has 0 radical (unpaired) electrons. The second-order valence-corrected chi connectivity index (χ2v) is 5.82. The van der Waals surface area contributed by atoms with E-state index < -0.39 is 0 Å². The molecule has 2 nitrogen and oxygen atoms in total. The Hall–Kier alpha value is -2.26. The third-order valence-electron chi connectivity index (χ3n) is 3.36. The van der Waals surface area contributed by atoms with E-state index in [-0.39, 0.29) is 0 Å². The Morgan fingerprint density at radius 1 is 0.952 bits per heavy atom. The highest BCUT2D eigenvalue weighted by atomic mass is 32.2. The highest BCUT2D eigenvalue weighted by molar-refractivity contribution is 7.99. The molecular formula is C18H15NOS. The van der Waals surface area contributed by atoms with Crippen LogP contribution in [-0.2, 0) is 0 Å². The molecule has 1 aromatic heterocycles. The van der Waals surface area contributed by atoms with Gasteiger partial charge >= 0.3 is 0 Å². The van der Waals surface area contributed by atoms with Crippen LogP contribution in [-0.4, -0.2) is 10.9 Å². The van der Waals surface area contributed by atoms with Gasteiger partial charge in [-0.1, -0.05) is 48.2 Å². The van der Waals surface area contributed by atoms with Gasteiger partial charge in [-0.15, -0.1) is 0 Å². The summed E-state index contributed by atoms with van der Waals surface area (Å²) < 4.78 is 2.08. The normalized spacial score (nSPS) is 10.5. The summed E-state index contributed by atoms with van der Waals surface area (Å²) in [6, 6.07) is 20.3. The molecule has 0 saturated carbocycles. The molecule has 3 heteroatoms. The van der Waals surface area contributed by atoms with Crippen molar-refractivity contribution in [2.24, 2.45) is 0 Å². The molecule has 1 heterocycles. The Morgan fingerprint density at radius 2 is 1.57 bits per heavy atom. The first-order valence-corrected chi connectivity index (χ1v) is 7.56. The van der Waals surface area contributed by atoms with E-state index in [0.29, 0.717) is 0 Å². The summed E-state index contributed by atoms with van der Waals surface area (Å²) in [6.45, 7) is 1.99. The first-order valence-electron chi connectivity index (χ1n) is 6.75. The lowest BCUT2D eigenvalue weighted by molar-refractivity contribution is 0.112. The van der Waals surface area contributed by atoms with Gasteiger partial charge in [-0.2, -0.15) is 0 Å². The van der Waals surface area contributed by atoms with Crippen molar-refractivity contribution in [2.75, 3.05) is 0 Å². The van der Waals surface area contributed by atoms with Crippen LogP contribution in [0.1, 0.15) is 15.9 Å². The van der Waals surface area contributed by atoms with Gasteiger partial charge in [0.2, 0.25) is 0 Å². The molecule has 0 aliphatic heterocycles. The predicted molar refractivity (Wildman–Crippen MR) is 86.5 cm³/mol. The molecule has 0 amide bonds. The third kappa shape index (κ3) is 2.78. The maximum atomic E-state index is 11.3. The Bertz CT molecular complexity index is 748. The number of aldehydes is 1. The van der Waals surface area contributed by atoms with Gasteiger partial charge in [-0.05, 0) is 36.8 Å². The molecule has 104 valence electrons. The second kappa shape index (κ2) is 6.02. The highest BCUT2D eigenvalue weighted by Crippen LogP contribution is 2.34. The van der Waals surface area contributed by atoms with Gasteiger partial charge in [0, 0.05) is 22.3 Å². The minimum absolute atomic E-state index is 0.734. The lowest BCUT2D eigenvalue weighted by atomic mass is 10.2. The van der Waals surface area contributed by atoms with E-state index in [4.69, 9.17) is 0 Å². The van der Waals surface area contributed by atoms with Crippen LogP contribution in [0.2, 0.25) is 0 Å². The zero-order chi connectivity index (χ0) is 14.7. The quantitative estimate of drug-likeness (QED) is 0.648. The van der Waals surface area contributed by atoms with Gasteiger partial charge in [0.1, 0.15) is 0 Å². The topological polar surface area (TPSA) is 22.0 Å². The molecule has 0 fully saturated rings. The first kappa shape index (κ1) is 13.7. The molecule has 0 bridgehead atoms. The van der Waals surface area contributed by atoms with Crippen molar-refractivity contribution in [1.29, 1.82) is 0 Å². The SMILES string of the molecule is Cc1c(C=O)cn(-c2ccccc2)c1Sc1ccccc1. The summed E-state index contributed by atoms with van der Waals surface area (Å²) in [7, 11) is 0. The van der Waals surface area contributed by atoms with E-state index in [1.165, 1.54) is 0 Å². The highest BCUT2D eigenvalue weighted by Gasteiger charge is 2.14. The average Bonchev–Trinajstić information content (AvgIpc) is 2.86. The Kier molecular flexibility index (Phi) is 3.93. The van der Waals surface area contributed by atoms with E-state index in [1.54, 1.807) is 11.8 Å². The summed E-state index contributed by atoms with van der Waals surface area (Å²) in [5, 5.41) is 1.08. The fourth-order valence-electron chi connectivity index (χ4n) is 2.22. The van der Waals surface area contributed by atoms with Gasteiger partial charge < -0.3 is 4.57 Å². The van der Waals surface area contributed by atoms with Crippen LogP contribution in [0, 0.1) is 6.92 Å². The molecule has 2 aromatic carbocycles. The summed E-state index contributed by atoms with van der Waals surface area (Å²) >= 11 is 1.68. The maximum absolute atomic E-state index is 11.3. The standard InChI is InChI=1S/C18H15NOS/c1-14-15(13-20)12-19(16-8-4-2-5-9-16)18(14)21-17-10-6-3-7-11-17/h2-13H,1H3. The van der Waals surface area contributed by atoms with Gasteiger partial charge in [0.05, 0.1) is 5.03 Å². The number of para-hydroxylation sites is 1. The van der Waals surface area contributed by atoms with Crippen molar-refractivity contribution in [3.63, 3.8) is 0 Å². The number of carbonyl (C=O) groups excluding carboxylic acids is 1. The van der Waals surface area contributed by atoms with E-state index in [9.17, 15) is 4.79 Å². The monoisotopic (exact) mass is 293 g/mol. The van der Waals surface area contributed by atoms with Crippen LogP contribution in [0.5, 0.6) is 0 Å². The molecule has 0 aliphatic rings. The van der Waals surface area contributed by atoms with E-state index in [1.807, 2.05) is 61.7 Å². The lowest BCUT2D eigenvalue weighted by Gasteiger charge is -2.10. The van der Waals surface area contributed by atoms with Gasteiger partial charge in [0.15, 0.2) is 6.29 Å². The van der Waals surface area contributed by atoms with Crippen LogP contribution in [0.25, 0.3) is 5.69 Å². The Morgan fingerprint density at radius 3 is 2.19 bits per heavy atom. The van der Waals surface area contributed by atoms with Crippen LogP contribution in [0.3, 0.4) is 0 Å². The lowest BCUT2D eigenvalue weighted by Crippen LogP contribution is -1.94. The van der Waals surface area contributed by atoms with Crippen LogP contribution < -0.4 is 0 Å². The van der Waals surface area contributed by atoms with Crippen molar-refractivity contribution in [2.45, 2.75) is 16.8 Å². The van der Waals surface area contributed by atoms with Crippen LogP contribution >= 0.6 is 11.8 Å². The van der Waals surface area contributed by atoms with Gasteiger partial charge in [-0.3, -0.25) is 4.79 Å². The summed E-state index contributed by atoms with van der Waals surface area (Å²) in [5.41, 5.74) is 2.81.